The molecule has 0 spiro atoms. The molecule has 2 bridgehead atoms. The van der Waals surface area contributed by atoms with Gasteiger partial charge in [-0.3, -0.25) is 19.8 Å². The van der Waals surface area contributed by atoms with Crippen molar-refractivity contribution in [3.8, 4) is 0 Å². The predicted molar refractivity (Wildman–Crippen MR) is 102 cm³/mol. The van der Waals surface area contributed by atoms with Gasteiger partial charge in [-0.1, -0.05) is 19.9 Å². The number of hydrogen-bond donors (Lipinski definition) is 0. The van der Waals surface area contributed by atoms with E-state index >= 15 is 0 Å². The van der Waals surface area contributed by atoms with Gasteiger partial charge in [0.2, 0.25) is 0 Å². The standard InChI is InChI=1S/C21H24N2O5/c1-12(2)19-11-28-21(25)22(19)18-10-14-3-4-15(18)9-17(14)20(24)13-5-7-16(8-6-13)23(26)27/h5-8,10,12,14-15,17,19H,3-4,9,11H2,1-2H3/t14-,15-,17-,19+/m1/s1. The van der Waals surface area contributed by atoms with Crippen molar-refractivity contribution >= 4 is 17.6 Å². The number of rotatable bonds is 5. The quantitative estimate of drug-likeness (QED) is 0.431. The van der Waals surface area contributed by atoms with Crippen LogP contribution in [0.1, 0.15) is 43.5 Å². The molecule has 0 aromatic heterocycles. The van der Waals surface area contributed by atoms with Crippen molar-refractivity contribution in [2.45, 2.75) is 39.2 Å². The molecule has 28 heavy (non-hydrogen) atoms. The molecule has 0 N–H and O–H groups in total. The Labute approximate surface area is 163 Å². The van der Waals surface area contributed by atoms with Crippen LogP contribution in [0.4, 0.5) is 10.5 Å². The lowest BCUT2D eigenvalue weighted by Crippen LogP contribution is -2.44. The van der Waals surface area contributed by atoms with Crippen LogP contribution < -0.4 is 0 Å². The highest BCUT2D eigenvalue weighted by Crippen LogP contribution is 2.48. The Hall–Kier alpha value is -2.70. The number of Topliss-reactive ketones (excluding diaryl/α,β-unsaturated/α-hetero) is 1. The number of nitro groups is 1. The van der Waals surface area contributed by atoms with Gasteiger partial charge >= 0.3 is 6.09 Å². The Morgan fingerprint density at radius 2 is 1.96 bits per heavy atom. The monoisotopic (exact) mass is 384 g/mol. The van der Waals surface area contributed by atoms with E-state index in [2.05, 4.69) is 19.9 Å². The summed E-state index contributed by atoms with van der Waals surface area (Å²) in [5.74, 6) is 0.447. The van der Waals surface area contributed by atoms with Crippen LogP contribution in [0, 0.1) is 33.8 Å². The lowest BCUT2D eigenvalue weighted by Gasteiger charge is -2.44. The maximum Gasteiger partial charge on any atom is 0.414 e. The minimum absolute atomic E-state index is 0.0174. The van der Waals surface area contributed by atoms with Gasteiger partial charge in [0.1, 0.15) is 6.61 Å². The van der Waals surface area contributed by atoms with Gasteiger partial charge in [-0.2, -0.15) is 0 Å². The van der Waals surface area contributed by atoms with E-state index < -0.39 is 4.92 Å². The number of ketones is 1. The SMILES string of the molecule is CC(C)[C@@H]1COC(=O)N1C1=C[C@H]2CC[C@@H]1C[C@H]2C(=O)c1ccc([N+](=O)[O-])cc1. The van der Waals surface area contributed by atoms with Crippen molar-refractivity contribution in [3.05, 3.63) is 51.7 Å². The number of non-ortho nitro benzene ring substituents is 1. The minimum atomic E-state index is -0.466. The fraction of sp³-hybridized carbons (Fsp3) is 0.524. The molecular formula is C21H24N2O5. The normalized spacial score (nSPS) is 29.0. The second-order valence-corrected chi connectivity index (χ2v) is 8.30. The molecule has 0 unspecified atom stereocenters. The van der Waals surface area contributed by atoms with E-state index in [1.165, 1.54) is 12.1 Å². The van der Waals surface area contributed by atoms with E-state index in [0.29, 0.717) is 24.5 Å². The number of nitrogens with zero attached hydrogens (tertiary/aromatic N) is 2. The predicted octanol–water partition coefficient (Wildman–Crippen LogP) is 4.18. The van der Waals surface area contributed by atoms with E-state index in [4.69, 9.17) is 4.74 Å². The molecule has 7 heteroatoms. The maximum atomic E-state index is 13.0. The Bertz CT molecular complexity index is 845. The zero-order valence-corrected chi connectivity index (χ0v) is 16.0. The number of nitro benzene ring substituents is 1. The van der Waals surface area contributed by atoms with Gasteiger partial charge in [-0.05, 0) is 49.1 Å². The summed E-state index contributed by atoms with van der Waals surface area (Å²) >= 11 is 0. The number of carbonyl (C=O) groups excluding carboxylic acids is 2. The van der Waals surface area contributed by atoms with Crippen LogP contribution in [0.2, 0.25) is 0 Å². The van der Waals surface area contributed by atoms with E-state index in [1.807, 2.05) is 4.90 Å². The van der Waals surface area contributed by atoms with E-state index in [-0.39, 0.29) is 41.4 Å². The molecule has 1 aromatic rings. The van der Waals surface area contributed by atoms with Crippen LogP contribution in [-0.4, -0.2) is 34.3 Å². The summed E-state index contributed by atoms with van der Waals surface area (Å²) < 4.78 is 5.30. The molecule has 148 valence electrons. The number of carbonyl (C=O) groups is 2. The molecule has 1 aromatic carbocycles. The number of fused-ring (bicyclic) bond motifs is 2. The number of amides is 1. The van der Waals surface area contributed by atoms with Crippen LogP contribution in [0.25, 0.3) is 0 Å². The van der Waals surface area contributed by atoms with Crippen molar-refractivity contribution < 1.29 is 19.2 Å². The third kappa shape index (κ3) is 3.08. The second-order valence-electron chi connectivity index (χ2n) is 8.30. The summed E-state index contributed by atoms with van der Waals surface area (Å²) in [6.45, 7) is 4.58. The smallest absolute Gasteiger partial charge is 0.414 e. The first-order valence-electron chi connectivity index (χ1n) is 9.83. The topological polar surface area (TPSA) is 89.8 Å². The number of hydrogen-bond acceptors (Lipinski definition) is 5. The van der Waals surface area contributed by atoms with Crippen molar-refractivity contribution in [1.82, 2.24) is 4.90 Å². The zero-order chi connectivity index (χ0) is 20.0. The third-order valence-electron chi connectivity index (χ3n) is 6.36. The fourth-order valence-electron chi connectivity index (χ4n) is 4.78. The van der Waals surface area contributed by atoms with Crippen LogP contribution in [0.15, 0.2) is 36.0 Å². The Morgan fingerprint density at radius 1 is 1.25 bits per heavy atom. The lowest BCUT2D eigenvalue weighted by atomic mass is 9.65. The van der Waals surface area contributed by atoms with Gasteiger partial charge < -0.3 is 4.74 Å². The van der Waals surface area contributed by atoms with Crippen molar-refractivity contribution in [3.63, 3.8) is 0 Å². The molecule has 0 radical (unpaired) electrons. The largest absolute Gasteiger partial charge is 0.447 e. The summed E-state index contributed by atoms with van der Waals surface area (Å²) in [5.41, 5.74) is 1.51. The Balaban J connectivity index is 1.56. The van der Waals surface area contributed by atoms with E-state index in [1.54, 1.807) is 12.1 Å². The average molecular weight is 384 g/mol. The number of ether oxygens (including phenoxy) is 1. The molecule has 1 amide bonds. The molecule has 3 aliphatic carbocycles. The van der Waals surface area contributed by atoms with Gasteiger partial charge in [0.05, 0.1) is 11.0 Å². The second kappa shape index (κ2) is 7.04. The Morgan fingerprint density at radius 3 is 2.54 bits per heavy atom. The van der Waals surface area contributed by atoms with Crippen LogP contribution >= 0.6 is 0 Å². The molecule has 4 atom stereocenters. The first-order valence-corrected chi connectivity index (χ1v) is 9.83. The first-order chi connectivity index (χ1) is 13.4. The van der Waals surface area contributed by atoms with Crippen molar-refractivity contribution in [1.29, 1.82) is 0 Å². The van der Waals surface area contributed by atoms with Crippen LogP contribution in [0.3, 0.4) is 0 Å². The van der Waals surface area contributed by atoms with E-state index in [9.17, 15) is 19.7 Å². The average Bonchev–Trinajstić information content (AvgIpc) is 3.09. The fourth-order valence-corrected chi connectivity index (χ4v) is 4.78. The summed E-state index contributed by atoms with van der Waals surface area (Å²) in [5, 5.41) is 10.8. The zero-order valence-electron chi connectivity index (χ0n) is 16.0. The maximum absolute atomic E-state index is 13.0. The highest BCUT2D eigenvalue weighted by atomic mass is 16.6. The molecule has 4 aliphatic rings. The molecule has 1 saturated carbocycles. The highest BCUT2D eigenvalue weighted by molar-refractivity contribution is 5.98. The molecular weight excluding hydrogens is 360 g/mol. The van der Waals surface area contributed by atoms with Crippen LogP contribution in [-0.2, 0) is 4.74 Å². The van der Waals surface area contributed by atoms with Crippen molar-refractivity contribution in [2.75, 3.05) is 6.61 Å². The summed E-state index contributed by atoms with van der Waals surface area (Å²) in [7, 11) is 0. The third-order valence-corrected chi connectivity index (χ3v) is 6.36. The summed E-state index contributed by atoms with van der Waals surface area (Å²) in [6.07, 6.45) is 4.42. The first kappa shape index (κ1) is 18.7. The number of benzene rings is 1. The highest BCUT2D eigenvalue weighted by Gasteiger charge is 2.46. The van der Waals surface area contributed by atoms with Gasteiger partial charge in [0, 0.05) is 29.3 Å². The number of cyclic esters (lactones) is 1. The van der Waals surface area contributed by atoms with Gasteiger partial charge in [-0.15, -0.1) is 0 Å². The Kier molecular flexibility index (Phi) is 4.69. The van der Waals surface area contributed by atoms with Crippen LogP contribution in [0.5, 0.6) is 0 Å². The summed E-state index contributed by atoms with van der Waals surface area (Å²) in [6, 6.07) is 5.88. The minimum Gasteiger partial charge on any atom is -0.447 e. The van der Waals surface area contributed by atoms with Gasteiger partial charge in [-0.25, -0.2) is 4.79 Å². The van der Waals surface area contributed by atoms with E-state index in [0.717, 1.165) is 18.5 Å². The molecule has 1 aliphatic heterocycles. The molecule has 5 rings (SSSR count). The van der Waals surface area contributed by atoms with Gasteiger partial charge in [0.25, 0.3) is 5.69 Å². The molecule has 1 heterocycles. The molecule has 7 nitrogen and oxygen atoms in total. The van der Waals surface area contributed by atoms with Crippen molar-refractivity contribution in [2.24, 2.45) is 23.7 Å². The van der Waals surface area contributed by atoms with Gasteiger partial charge in [0.15, 0.2) is 5.78 Å². The summed E-state index contributed by atoms with van der Waals surface area (Å²) in [4.78, 5) is 37.5. The molecule has 1 saturated heterocycles. The lowest BCUT2D eigenvalue weighted by molar-refractivity contribution is -0.384. The number of allylic oxidation sites excluding steroid dienone is 2. The molecule has 2 fully saturated rings.